The van der Waals surface area contributed by atoms with E-state index in [-0.39, 0.29) is 11.9 Å². The fourth-order valence-corrected chi connectivity index (χ4v) is 2.78. The van der Waals surface area contributed by atoms with Gasteiger partial charge in [-0.25, -0.2) is 4.39 Å². The van der Waals surface area contributed by atoms with Gasteiger partial charge in [-0.05, 0) is 48.7 Å². The van der Waals surface area contributed by atoms with Crippen molar-refractivity contribution < 1.29 is 4.39 Å². The van der Waals surface area contributed by atoms with Gasteiger partial charge >= 0.3 is 0 Å². The highest BCUT2D eigenvalue weighted by atomic mass is 32.1. The summed E-state index contributed by atoms with van der Waals surface area (Å²) in [5.41, 5.74) is 2.17. The lowest BCUT2D eigenvalue weighted by Crippen LogP contribution is -2.19. The summed E-state index contributed by atoms with van der Waals surface area (Å²) in [5, 5.41) is 5.38. The Kier molecular flexibility index (Phi) is 3.92. The normalized spacial score (nSPS) is 12.6. The number of likely N-dealkylation sites (N-methyl/N-ethyl adjacent to an activating group) is 1. The van der Waals surface area contributed by atoms with Crippen LogP contribution in [0, 0.1) is 12.7 Å². The van der Waals surface area contributed by atoms with Crippen LogP contribution in [0.4, 0.5) is 4.39 Å². The summed E-state index contributed by atoms with van der Waals surface area (Å²) in [6.07, 6.45) is 0.945. The molecule has 0 radical (unpaired) electrons. The minimum atomic E-state index is -0.169. The quantitative estimate of drug-likeness (QED) is 0.871. The molecule has 1 heterocycles. The van der Waals surface area contributed by atoms with Gasteiger partial charge in [0.05, 0.1) is 0 Å². The summed E-state index contributed by atoms with van der Waals surface area (Å²) in [5.74, 6) is -0.169. The second-order valence-electron chi connectivity index (χ2n) is 4.13. The van der Waals surface area contributed by atoms with Crippen LogP contribution in [0.25, 0.3) is 0 Å². The maximum Gasteiger partial charge on any atom is 0.123 e. The molecule has 2 rings (SSSR count). The van der Waals surface area contributed by atoms with Gasteiger partial charge in [-0.15, -0.1) is 11.3 Å². The van der Waals surface area contributed by atoms with Crippen molar-refractivity contribution in [1.82, 2.24) is 5.32 Å². The molecule has 0 saturated heterocycles. The average molecular weight is 249 g/mol. The molecule has 0 saturated carbocycles. The number of rotatable bonds is 4. The van der Waals surface area contributed by atoms with E-state index in [2.05, 4.69) is 22.8 Å². The molecule has 1 aromatic carbocycles. The van der Waals surface area contributed by atoms with Crippen LogP contribution in [-0.2, 0) is 6.42 Å². The van der Waals surface area contributed by atoms with Crippen LogP contribution >= 0.6 is 11.3 Å². The maximum absolute atomic E-state index is 13.1. The molecule has 1 N–H and O–H groups in total. The predicted octanol–water partition coefficient (Wildman–Crippen LogP) is 3.70. The first-order valence-corrected chi connectivity index (χ1v) is 6.54. The fourth-order valence-electron chi connectivity index (χ4n) is 2.03. The zero-order valence-corrected chi connectivity index (χ0v) is 10.9. The summed E-state index contributed by atoms with van der Waals surface area (Å²) >= 11 is 1.76. The minimum absolute atomic E-state index is 0.169. The van der Waals surface area contributed by atoms with Crippen molar-refractivity contribution in [3.05, 3.63) is 57.5 Å². The molecule has 0 aliphatic carbocycles. The van der Waals surface area contributed by atoms with Crippen molar-refractivity contribution in [2.24, 2.45) is 0 Å². The monoisotopic (exact) mass is 249 g/mol. The van der Waals surface area contributed by atoms with E-state index in [4.69, 9.17) is 0 Å². The van der Waals surface area contributed by atoms with E-state index in [1.165, 1.54) is 16.5 Å². The van der Waals surface area contributed by atoms with Crippen LogP contribution in [0.3, 0.4) is 0 Å². The summed E-state index contributed by atoms with van der Waals surface area (Å²) in [7, 11) is 1.95. The smallest absolute Gasteiger partial charge is 0.123 e. The Labute approximate surface area is 105 Å². The highest BCUT2D eigenvalue weighted by Crippen LogP contribution is 2.24. The highest BCUT2D eigenvalue weighted by Gasteiger charge is 2.13. The molecule has 90 valence electrons. The van der Waals surface area contributed by atoms with E-state index in [1.54, 1.807) is 17.4 Å². The SMILES string of the molecule is CNC(Cc1cccs1)c1ccc(F)cc1C. The van der Waals surface area contributed by atoms with Crippen molar-refractivity contribution >= 4 is 11.3 Å². The summed E-state index contributed by atoms with van der Waals surface area (Å²) in [6.45, 7) is 1.96. The van der Waals surface area contributed by atoms with E-state index in [9.17, 15) is 4.39 Å². The standard InChI is InChI=1S/C14H16FNS/c1-10-8-11(15)5-6-13(10)14(16-2)9-12-4-3-7-17-12/h3-8,14,16H,9H2,1-2H3. The Morgan fingerprint density at radius 2 is 2.18 bits per heavy atom. The number of aryl methyl sites for hydroxylation is 1. The first kappa shape index (κ1) is 12.3. The van der Waals surface area contributed by atoms with Crippen molar-refractivity contribution in [2.75, 3.05) is 7.05 Å². The lowest BCUT2D eigenvalue weighted by molar-refractivity contribution is 0.585. The predicted molar refractivity (Wildman–Crippen MR) is 71.0 cm³/mol. The van der Waals surface area contributed by atoms with Crippen LogP contribution in [0.1, 0.15) is 22.0 Å². The molecule has 2 aromatic rings. The van der Waals surface area contributed by atoms with Gasteiger partial charge in [0.15, 0.2) is 0 Å². The second-order valence-corrected chi connectivity index (χ2v) is 5.16. The second kappa shape index (κ2) is 5.43. The Hall–Kier alpha value is -1.19. The highest BCUT2D eigenvalue weighted by molar-refractivity contribution is 7.09. The van der Waals surface area contributed by atoms with Gasteiger partial charge in [0.2, 0.25) is 0 Å². The van der Waals surface area contributed by atoms with Gasteiger partial charge in [-0.1, -0.05) is 12.1 Å². The summed E-state index contributed by atoms with van der Waals surface area (Å²) < 4.78 is 13.1. The zero-order chi connectivity index (χ0) is 12.3. The third-order valence-electron chi connectivity index (χ3n) is 2.94. The topological polar surface area (TPSA) is 12.0 Å². The Morgan fingerprint density at radius 1 is 1.35 bits per heavy atom. The van der Waals surface area contributed by atoms with Gasteiger partial charge in [0.25, 0.3) is 0 Å². The summed E-state index contributed by atoms with van der Waals surface area (Å²) in [6, 6.07) is 9.43. The van der Waals surface area contributed by atoms with Gasteiger partial charge in [-0.3, -0.25) is 0 Å². The van der Waals surface area contributed by atoms with Gasteiger partial charge in [0.1, 0.15) is 5.82 Å². The van der Waals surface area contributed by atoms with Crippen LogP contribution in [0.5, 0.6) is 0 Å². The van der Waals surface area contributed by atoms with Crippen molar-refractivity contribution in [3.8, 4) is 0 Å². The molecule has 3 heteroatoms. The summed E-state index contributed by atoms with van der Waals surface area (Å²) in [4.78, 5) is 1.34. The molecule has 0 aliphatic heterocycles. The van der Waals surface area contributed by atoms with Crippen molar-refractivity contribution in [1.29, 1.82) is 0 Å². The molecule has 0 amide bonds. The number of thiophene rings is 1. The van der Waals surface area contributed by atoms with Gasteiger partial charge < -0.3 is 5.32 Å². The molecular weight excluding hydrogens is 233 g/mol. The minimum Gasteiger partial charge on any atom is -0.313 e. The Morgan fingerprint density at radius 3 is 2.76 bits per heavy atom. The molecule has 0 fully saturated rings. The lowest BCUT2D eigenvalue weighted by Gasteiger charge is -2.18. The fraction of sp³-hybridized carbons (Fsp3) is 0.286. The number of halogens is 1. The van der Waals surface area contributed by atoms with E-state index in [0.29, 0.717) is 0 Å². The number of hydrogen-bond acceptors (Lipinski definition) is 2. The molecule has 1 nitrogen and oxygen atoms in total. The molecular formula is C14H16FNS. The van der Waals surface area contributed by atoms with Crippen LogP contribution < -0.4 is 5.32 Å². The Balaban J connectivity index is 2.23. The molecule has 1 aromatic heterocycles. The maximum atomic E-state index is 13.1. The van der Waals surface area contributed by atoms with Gasteiger partial charge in [0, 0.05) is 17.3 Å². The third-order valence-corrected chi connectivity index (χ3v) is 3.84. The number of hydrogen-bond donors (Lipinski definition) is 1. The van der Waals surface area contributed by atoms with E-state index in [0.717, 1.165) is 12.0 Å². The zero-order valence-electron chi connectivity index (χ0n) is 10.0. The molecule has 1 atom stereocenters. The van der Waals surface area contributed by atoms with Crippen LogP contribution in [0.15, 0.2) is 35.7 Å². The van der Waals surface area contributed by atoms with E-state index >= 15 is 0 Å². The molecule has 0 aliphatic rings. The van der Waals surface area contributed by atoms with Gasteiger partial charge in [-0.2, -0.15) is 0 Å². The van der Waals surface area contributed by atoms with E-state index < -0.39 is 0 Å². The molecule has 17 heavy (non-hydrogen) atoms. The third kappa shape index (κ3) is 2.93. The van der Waals surface area contributed by atoms with Crippen molar-refractivity contribution in [3.63, 3.8) is 0 Å². The van der Waals surface area contributed by atoms with Crippen LogP contribution in [0.2, 0.25) is 0 Å². The van der Waals surface area contributed by atoms with Crippen molar-refractivity contribution in [2.45, 2.75) is 19.4 Å². The van der Waals surface area contributed by atoms with Crippen LogP contribution in [-0.4, -0.2) is 7.05 Å². The lowest BCUT2D eigenvalue weighted by atomic mass is 9.98. The van der Waals surface area contributed by atoms with E-state index in [1.807, 2.05) is 20.0 Å². The first-order valence-electron chi connectivity index (χ1n) is 5.66. The Bertz CT molecular complexity index is 479. The molecule has 1 unspecified atom stereocenters. The molecule has 0 bridgehead atoms. The largest absolute Gasteiger partial charge is 0.313 e. The number of benzene rings is 1. The average Bonchev–Trinajstić information content (AvgIpc) is 2.79. The first-order chi connectivity index (χ1) is 8.20. The molecule has 0 spiro atoms. The number of nitrogens with one attached hydrogen (secondary N) is 1.